The minimum absolute atomic E-state index is 0.341. The Bertz CT molecular complexity index is 383. The molecular formula is C7H10ClNO2S2. The van der Waals surface area contributed by atoms with E-state index in [1.165, 1.54) is 29.7 Å². The highest BCUT2D eigenvalue weighted by Crippen LogP contribution is 2.24. The maximum absolute atomic E-state index is 11.6. The van der Waals surface area contributed by atoms with E-state index < -0.39 is 10.0 Å². The summed E-state index contributed by atoms with van der Waals surface area (Å²) in [5.41, 5.74) is 0. The average Bonchev–Trinajstić information content (AvgIpc) is 2.51. The monoisotopic (exact) mass is 239 g/mol. The van der Waals surface area contributed by atoms with Crippen molar-refractivity contribution in [2.75, 3.05) is 14.1 Å². The maximum atomic E-state index is 11.6. The predicted molar refractivity (Wildman–Crippen MR) is 54.7 cm³/mol. The Labute approximate surface area is 87.0 Å². The third-order valence-corrected chi connectivity index (χ3v) is 5.32. The molecule has 3 nitrogen and oxygen atoms in total. The van der Waals surface area contributed by atoms with E-state index in [2.05, 4.69) is 0 Å². The zero-order chi connectivity index (χ0) is 10.1. The summed E-state index contributed by atoms with van der Waals surface area (Å²) >= 11 is 6.78. The summed E-state index contributed by atoms with van der Waals surface area (Å²) in [4.78, 5) is 0.863. The Hall–Kier alpha value is -0.100. The van der Waals surface area contributed by atoms with E-state index in [9.17, 15) is 8.42 Å². The zero-order valence-corrected chi connectivity index (χ0v) is 9.71. The summed E-state index contributed by atoms with van der Waals surface area (Å²) in [7, 11) is -0.254. The van der Waals surface area contributed by atoms with E-state index in [0.717, 1.165) is 4.88 Å². The fraction of sp³-hybridized carbons (Fsp3) is 0.429. The van der Waals surface area contributed by atoms with E-state index >= 15 is 0 Å². The van der Waals surface area contributed by atoms with Gasteiger partial charge in [-0.25, -0.2) is 12.7 Å². The second kappa shape index (κ2) is 3.96. The average molecular weight is 240 g/mol. The van der Waals surface area contributed by atoms with Crippen molar-refractivity contribution in [3.8, 4) is 0 Å². The van der Waals surface area contributed by atoms with Crippen LogP contribution >= 0.6 is 22.9 Å². The molecule has 0 spiro atoms. The second-order valence-corrected chi connectivity index (χ2v) is 6.46. The van der Waals surface area contributed by atoms with E-state index in [0.29, 0.717) is 10.1 Å². The number of sulfonamides is 1. The second-order valence-electron chi connectivity index (χ2n) is 2.64. The van der Waals surface area contributed by atoms with Crippen molar-refractivity contribution >= 4 is 33.0 Å². The zero-order valence-electron chi connectivity index (χ0n) is 7.32. The molecule has 0 aromatic carbocycles. The SMILES string of the molecule is CN(C)S(=O)(=O)c1ccc(CCl)s1. The van der Waals surface area contributed by atoms with Crippen molar-refractivity contribution < 1.29 is 8.42 Å². The van der Waals surface area contributed by atoms with Crippen molar-refractivity contribution in [2.24, 2.45) is 0 Å². The van der Waals surface area contributed by atoms with Gasteiger partial charge in [-0.2, -0.15) is 0 Å². The van der Waals surface area contributed by atoms with E-state index in [-0.39, 0.29) is 0 Å². The molecule has 13 heavy (non-hydrogen) atoms. The highest BCUT2D eigenvalue weighted by Gasteiger charge is 2.18. The molecule has 0 aliphatic heterocycles. The van der Waals surface area contributed by atoms with E-state index in [1.807, 2.05) is 0 Å². The summed E-state index contributed by atoms with van der Waals surface area (Å²) in [5, 5.41) is 0. The molecule has 0 radical (unpaired) electrons. The van der Waals surface area contributed by atoms with Gasteiger partial charge in [0.15, 0.2) is 0 Å². The van der Waals surface area contributed by atoms with Gasteiger partial charge in [-0.3, -0.25) is 0 Å². The lowest BCUT2D eigenvalue weighted by Gasteiger charge is -2.08. The number of thiophene rings is 1. The van der Waals surface area contributed by atoms with Crippen LogP contribution in [0.1, 0.15) is 4.88 Å². The van der Waals surface area contributed by atoms with Crippen LogP contribution in [0.4, 0.5) is 0 Å². The number of nitrogens with zero attached hydrogens (tertiary/aromatic N) is 1. The van der Waals surface area contributed by atoms with Gasteiger partial charge in [-0.15, -0.1) is 22.9 Å². The lowest BCUT2D eigenvalue weighted by atomic mass is 10.5. The summed E-state index contributed by atoms with van der Waals surface area (Å²) in [6.07, 6.45) is 0. The van der Waals surface area contributed by atoms with Gasteiger partial charge in [0, 0.05) is 19.0 Å². The molecule has 6 heteroatoms. The first-order valence-electron chi connectivity index (χ1n) is 3.55. The highest BCUT2D eigenvalue weighted by molar-refractivity contribution is 7.91. The van der Waals surface area contributed by atoms with Crippen LogP contribution < -0.4 is 0 Å². The van der Waals surface area contributed by atoms with Crippen molar-refractivity contribution in [3.05, 3.63) is 17.0 Å². The van der Waals surface area contributed by atoms with Gasteiger partial charge in [0.05, 0.1) is 5.88 Å². The number of halogens is 1. The molecule has 0 aliphatic carbocycles. The molecule has 0 unspecified atom stereocenters. The van der Waals surface area contributed by atoms with Gasteiger partial charge in [-0.05, 0) is 12.1 Å². The molecule has 0 saturated heterocycles. The normalized spacial score (nSPS) is 12.3. The lowest BCUT2D eigenvalue weighted by Crippen LogP contribution is -2.21. The Morgan fingerprint density at radius 3 is 2.46 bits per heavy atom. The predicted octanol–water partition coefficient (Wildman–Crippen LogP) is 1.74. The standard InChI is InChI=1S/C7H10ClNO2S2/c1-9(2)13(10,11)7-4-3-6(5-8)12-7/h3-4H,5H2,1-2H3. The van der Waals surface area contributed by atoms with Gasteiger partial charge in [-0.1, -0.05) is 0 Å². The van der Waals surface area contributed by atoms with Crippen LogP contribution in [-0.4, -0.2) is 26.8 Å². The maximum Gasteiger partial charge on any atom is 0.252 e. The first kappa shape index (κ1) is 11.0. The van der Waals surface area contributed by atoms with Crippen molar-refractivity contribution in [3.63, 3.8) is 0 Å². The molecule has 1 aromatic heterocycles. The first-order valence-corrected chi connectivity index (χ1v) is 6.35. The van der Waals surface area contributed by atoms with Crippen LogP contribution in [-0.2, 0) is 15.9 Å². The molecule has 74 valence electrons. The Morgan fingerprint density at radius 2 is 2.08 bits per heavy atom. The quantitative estimate of drug-likeness (QED) is 0.754. The van der Waals surface area contributed by atoms with Crippen molar-refractivity contribution in [2.45, 2.75) is 10.1 Å². The number of hydrogen-bond acceptors (Lipinski definition) is 3. The molecule has 1 aromatic rings. The molecule has 0 amide bonds. The molecule has 0 atom stereocenters. The van der Waals surface area contributed by atoms with Crippen LogP contribution in [0.25, 0.3) is 0 Å². The Morgan fingerprint density at radius 1 is 1.46 bits per heavy atom. The third-order valence-electron chi connectivity index (χ3n) is 1.50. The number of alkyl halides is 1. The van der Waals surface area contributed by atoms with Gasteiger partial charge < -0.3 is 0 Å². The fourth-order valence-electron chi connectivity index (χ4n) is 0.749. The largest absolute Gasteiger partial charge is 0.252 e. The minimum Gasteiger partial charge on any atom is -0.206 e. The van der Waals surface area contributed by atoms with Crippen molar-refractivity contribution in [1.82, 2.24) is 4.31 Å². The third kappa shape index (κ3) is 2.22. The van der Waals surface area contributed by atoms with Gasteiger partial charge >= 0.3 is 0 Å². The van der Waals surface area contributed by atoms with Crippen molar-refractivity contribution in [1.29, 1.82) is 0 Å². The molecule has 1 rings (SSSR count). The van der Waals surface area contributed by atoms with Gasteiger partial charge in [0.2, 0.25) is 0 Å². The van der Waals surface area contributed by atoms with Crippen LogP contribution in [0.2, 0.25) is 0 Å². The number of hydrogen-bond donors (Lipinski definition) is 0. The summed E-state index contributed by atoms with van der Waals surface area (Å²) in [5.74, 6) is 0.355. The van der Waals surface area contributed by atoms with Gasteiger partial charge in [0.25, 0.3) is 10.0 Å². The van der Waals surface area contributed by atoms with Crippen LogP contribution in [0, 0.1) is 0 Å². The summed E-state index contributed by atoms with van der Waals surface area (Å²) in [6.45, 7) is 0. The molecule has 0 saturated carbocycles. The molecular weight excluding hydrogens is 230 g/mol. The summed E-state index contributed by atoms with van der Waals surface area (Å²) in [6, 6.07) is 3.31. The molecule has 1 heterocycles. The molecule has 0 aliphatic rings. The van der Waals surface area contributed by atoms with Crippen LogP contribution in [0.5, 0.6) is 0 Å². The molecule has 0 fully saturated rings. The Kier molecular flexibility index (Phi) is 3.34. The smallest absolute Gasteiger partial charge is 0.206 e. The van der Waals surface area contributed by atoms with Gasteiger partial charge in [0.1, 0.15) is 4.21 Å². The van der Waals surface area contributed by atoms with Crippen LogP contribution in [0.3, 0.4) is 0 Å². The fourth-order valence-corrected chi connectivity index (χ4v) is 3.38. The highest BCUT2D eigenvalue weighted by atomic mass is 35.5. The topological polar surface area (TPSA) is 37.4 Å². The first-order chi connectivity index (χ1) is 5.98. The number of rotatable bonds is 3. The summed E-state index contributed by atoms with van der Waals surface area (Å²) < 4.78 is 24.6. The van der Waals surface area contributed by atoms with E-state index in [1.54, 1.807) is 12.1 Å². The minimum atomic E-state index is -3.27. The van der Waals surface area contributed by atoms with E-state index in [4.69, 9.17) is 11.6 Å². The molecule has 0 bridgehead atoms. The molecule has 0 N–H and O–H groups in total. The Balaban J connectivity index is 3.09. The lowest BCUT2D eigenvalue weighted by molar-refractivity contribution is 0.523. The van der Waals surface area contributed by atoms with Crippen LogP contribution in [0.15, 0.2) is 16.3 Å².